The van der Waals surface area contributed by atoms with E-state index in [9.17, 15) is 4.79 Å². The summed E-state index contributed by atoms with van der Waals surface area (Å²) in [5, 5.41) is 3.10. The van der Waals surface area contributed by atoms with Crippen LogP contribution in [0, 0.1) is 0 Å². The summed E-state index contributed by atoms with van der Waals surface area (Å²) in [4.78, 5) is 14.6. The number of carbonyl (C=O) groups is 1. The molecule has 2 aromatic rings. The molecule has 2 heterocycles. The number of benzene rings is 1. The number of carbonyl (C=O) groups excluding carboxylic acids is 1. The largest absolute Gasteiger partial charge is 0.467 e. The SMILES string of the molecule is CCN(C[C@H]1CCCO1)C(=O)N[C@@H](c1ccccc1)c1ccco1. The Hall–Kier alpha value is -2.27. The zero-order valence-electron chi connectivity index (χ0n) is 14.0. The summed E-state index contributed by atoms with van der Waals surface area (Å²) >= 11 is 0. The minimum absolute atomic E-state index is 0.0988. The highest BCUT2D eigenvalue weighted by Gasteiger charge is 2.25. The second-order valence-electron chi connectivity index (χ2n) is 5.98. The number of rotatable bonds is 6. The molecule has 0 spiro atoms. The van der Waals surface area contributed by atoms with Gasteiger partial charge in [0.2, 0.25) is 0 Å². The molecule has 5 heteroatoms. The molecular weight excluding hydrogens is 304 g/mol. The number of likely N-dealkylation sites (N-methyl/N-ethyl adjacent to an activating group) is 1. The van der Waals surface area contributed by atoms with E-state index in [1.165, 1.54) is 0 Å². The number of ether oxygens (including phenoxy) is 1. The van der Waals surface area contributed by atoms with Gasteiger partial charge in [0.25, 0.3) is 0 Å². The first-order valence-electron chi connectivity index (χ1n) is 8.53. The van der Waals surface area contributed by atoms with Crippen molar-refractivity contribution in [1.29, 1.82) is 0 Å². The van der Waals surface area contributed by atoms with Crippen LogP contribution in [0.15, 0.2) is 53.1 Å². The van der Waals surface area contributed by atoms with Gasteiger partial charge in [-0.05, 0) is 37.5 Å². The van der Waals surface area contributed by atoms with Gasteiger partial charge in [-0.2, -0.15) is 0 Å². The Labute approximate surface area is 142 Å². The molecule has 1 saturated heterocycles. The predicted octanol–water partition coefficient (Wildman–Crippen LogP) is 3.58. The first kappa shape index (κ1) is 16.6. The van der Waals surface area contributed by atoms with Crippen LogP contribution in [0.25, 0.3) is 0 Å². The van der Waals surface area contributed by atoms with E-state index in [2.05, 4.69) is 5.32 Å². The summed E-state index contributed by atoms with van der Waals surface area (Å²) in [7, 11) is 0. The first-order chi connectivity index (χ1) is 11.8. The smallest absolute Gasteiger partial charge is 0.318 e. The van der Waals surface area contributed by atoms with E-state index in [1.807, 2.05) is 49.4 Å². The number of urea groups is 1. The van der Waals surface area contributed by atoms with Crippen LogP contribution in [-0.4, -0.2) is 36.7 Å². The molecule has 0 bridgehead atoms. The van der Waals surface area contributed by atoms with Crippen LogP contribution in [0.4, 0.5) is 4.79 Å². The molecule has 24 heavy (non-hydrogen) atoms. The maximum absolute atomic E-state index is 12.8. The van der Waals surface area contributed by atoms with Gasteiger partial charge in [-0.25, -0.2) is 4.79 Å². The lowest BCUT2D eigenvalue weighted by Gasteiger charge is -2.27. The van der Waals surface area contributed by atoms with Crippen LogP contribution in [0.5, 0.6) is 0 Å². The monoisotopic (exact) mass is 328 g/mol. The summed E-state index contributed by atoms with van der Waals surface area (Å²) in [6, 6.07) is 13.2. The minimum atomic E-state index is -0.299. The molecule has 5 nitrogen and oxygen atoms in total. The number of hydrogen-bond acceptors (Lipinski definition) is 3. The molecule has 1 fully saturated rings. The molecule has 0 radical (unpaired) electrons. The lowest BCUT2D eigenvalue weighted by atomic mass is 10.0. The average Bonchev–Trinajstić information content (AvgIpc) is 3.31. The normalized spacial score (nSPS) is 18.3. The van der Waals surface area contributed by atoms with Crippen molar-refractivity contribution in [3.05, 3.63) is 60.1 Å². The third kappa shape index (κ3) is 3.97. The van der Waals surface area contributed by atoms with Crippen molar-refractivity contribution >= 4 is 6.03 Å². The van der Waals surface area contributed by atoms with Crippen LogP contribution in [0.3, 0.4) is 0 Å². The third-order valence-corrected chi connectivity index (χ3v) is 4.35. The minimum Gasteiger partial charge on any atom is -0.467 e. The third-order valence-electron chi connectivity index (χ3n) is 4.35. The molecule has 2 atom stereocenters. The van der Waals surface area contributed by atoms with Crippen molar-refractivity contribution in [2.45, 2.75) is 31.9 Å². The highest BCUT2D eigenvalue weighted by atomic mass is 16.5. The molecule has 128 valence electrons. The van der Waals surface area contributed by atoms with Crippen LogP contribution >= 0.6 is 0 Å². The summed E-state index contributed by atoms with van der Waals surface area (Å²) in [5.74, 6) is 0.725. The maximum Gasteiger partial charge on any atom is 0.318 e. The quantitative estimate of drug-likeness (QED) is 0.882. The molecule has 3 rings (SSSR count). The van der Waals surface area contributed by atoms with Crippen LogP contribution < -0.4 is 5.32 Å². The van der Waals surface area contributed by atoms with E-state index >= 15 is 0 Å². The molecule has 1 aliphatic heterocycles. The Bertz CT molecular complexity index is 621. The Morgan fingerprint density at radius 3 is 2.75 bits per heavy atom. The Morgan fingerprint density at radius 2 is 2.12 bits per heavy atom. The highest BCUT2D eigenvalue weighted by Crippen LogP contribution is 2.23. The van der Waals surface area contributed by atoms with Gasteiger partial charge in [0.05, 0.1) is 12.4 Å². The molecule has 1 aromatic heterocycles. The lowest BCUT2D eigenvalue weighted by molar-refractivity contribution is 0.0822. The maximum atomic E-state index is 12.8. The van der Waals surface area contributed by atoms with Gasteiger partial charge >= 0.3 is 6.03 Å². The number of nitrogens with one attached hydrogen (secondary N) is 1. The fourth-order valence-electron chi connectivity index (χ4n) is 3.02. The zero-order chi connectivity index (χ0) is 16.8. The van der Waals surface area contributed by atoms with E-state index in [0.29, 0.717) is 13.1 Å². The zero-order valence-corrected chi connectivity index (χ0v) is 14.0. The van der Waals surface area contributed by atoms with Gasteiger partial charge in [0.1, 0.15) is 11.8 Å². The summed E-state index contributed by atoms with van der Waals surface area (Å²) in [5.41, 5.74) is 0.994. The molecule has 0 aliphatic carbocycles. The van der Waals surface area contributed by atoms with Crippen LogP contribution in [-0.2, 0) is 4.74 Å². The number of hydrogen-bond donors (Lipinski definition) is 1. The van der Waals surface area contributed by atoms with Gasteiger partial charge in [-0.15, -0.1) is 0 Å². The van der Waals surface area contributed by atoms with Gasteiger partial charge < -0.3 is 19.4 Å². The summed E-state index contributed by atoms with van der Waals surface area (Å²) in [6.07, 6.45) is 3.86. The van der Waals surface area contributed by atoms with Gasteiger partial charge in [-0.1, -0.05) is 30.3 Å². The lowest BCUT2D eigenvalue weighted by Crippen LogP contribution is -2.45. The average molecular weight is 328 g/mol. The predicted molar refractivity (Wildman–Crippen MR) is 91.7 cm³/mol. The van der Waals surface area contributed by atoms with Crippen molar-refractivity contribution in [2.24, 2.45) is 0 Å². The van der Waals surface area contributed by atoms with E-state index in [1.54, 1.807) is 11.2 Å². The second-order valence-corrected chi connectivity index (χ2v) is 5.98. The van der Waals surface area contributed by atoms with Crippen molar-refractivity contribution in [2.75, 3.05) is 19.7 Å². The summed E-state index contributed by atoms with van der Waals surface area (Å²) < 4.78 is 11.2. The molecule has 2 amide bonds. The molecule has 0 unspecified atom stereocenters. The van der Waals surface area contributed by atoms with Crippen molar-refractivity contribution < 1.29 is 13.9 Å². The number of nitrogens with zero attached hydrogens (tertiary/aromatic N) is 1. The van der Waals surface area contributed by atoms with E-state index < -0.39 is 0 Å². The van der Waals surface area contributed by atoms with Crippen molar-refractivity contribution in [3.63, 3.8) is 0 Å². The standard InChI is InChI=1S/C19H24N2O3/c1-2-21(14-16-10-6-12-23-16)19(22)20-18(17-11-7-13-24-17)15-8-4-3-5-9-15/h3-5,7-9,11,13,16,18H,2,6,10,12,14H2,1H3,(H,20,22)/t16-,18+/m1/s1. The fourth-order valence-corrected chi connectivity index (χ4v) is 3.02. The number of furan rings is 1. The van der Waals surface area contributed by atoms with E-state index in [-0.39, 0.29) is 18.2 Å². The molecule has 1 aromatic carbocycles. The van der Waals surface area contributed by atoms with Gasteiger partial charge in [-0.3, -0.25) is 0 Å². The molecular formula is C19H24N2O3. The van der Waals surface area contributed by atoms with E-state index in [0.717, 1.165) is 30.8 Å². The van der Waals surface area contributed by atoms with Gasteiger partial charge in [0, 0.05) is 19.7 Å². The molecule has 1 aliphatic rings. The Morgan fingerprint density at radius 1 is 1.29 bits per heavy atom. The Balaban J connectivity index is 1.72. The number of amides is 2. The topological polar surface area (TPSA) is 54.7 Å². The summed E-state index contributed by atoms with van der Waals surface area (Å²) in [6.45, 7) is 4.05. The van der Waals surface area contributed by atoms with Crippen molar-refractivity contribution in [1.82, 2.24) is 10.2 Å². The van der Waals surface area contributed by atoms with Gasteiger partial charge in [0.15, 0.2) is 0 Å². The van der Waals surface area contributed by atoms with E-state index in [4.69, 9.17) is 9.15 Å². The molecule has 0 saturated carbocycles. The van der Waals surface area contributed by atoms with Crippen LogP contribution in [0.1, 0.15) is 37.1 Å². The van der Waals surface area contributed by atoms with Crippen molar-refractivity contribution in [3.8, 4) is 0 Å². The van der Waals surface area contributed by atoms with Crippen LogP contribution in [0.2, 0.25) is 0 Å². The second kappa shape index (κ2) is 8.02. The fraction of sp³-hybridized carbons (Fsp3) is 0.421. The molecule has 1 N–H and O–H groups in total. The Kier molecular flexibility index (Phi) is 5.54. The first-order valence-corrected chi connectivity index (χ1v) is 8.53. The highest BCUT2D eigenvalue weighted by molar-refractivity contribution is 5.75.